The van der Waals surface area contributed by atoms with Gasteiger partial charge in [0.15, 0.2) is 0 Å². The highest BCUT2D eigenvalue weighted by Crippen LogP contribution is 2.57. The number of hydrogen-bond donors (Lipinski definition) is 0. The zero-order valence-electron chi connectivity index (χ0n) is 23.6. The topological polar surface area (TPSA) is 109 Å². The monoisotopic (exact) mass is 529 g/mol. The van der Waals surface area contributed by atoms with Gasteiger partial charge in [-0.05, 0) is 91.0 Å². The number of esters is 1. The molecule has 1 heterocycles. The largest absolute Gasteiger partial charge is 0.497 e. The highest BCUT2D eigenvalue weighted by atomic mass is 16.6. The van der Waals surface area contributed by atoms with Crippen LogP contribution >= 0.6 is 0 Å². The minimum absolute atomic E-state index is 0.0479. The number of methoxy groups -OCH3 is 2. The Morgan fingerprint density at radius 1 is 1.00 bits per heavy atom. The van der Waals surface area contributed by atoms with Crippen molar-refractivity contribution < 1.29 is 33.3 Å². The molecule has 1 aliphatic carbocycles. The van der Waals surface area contributed by atoms with Gasteiger partial charge < -0.3 is 23.5 Å². The first-order valence-corrected chi connectivity index (χ1v) is 12.7. The fraction of sp³-hybridized carbons (Fsp3) is 0.571. The fourth-order valence-corrected chi connectivity index (χ4v) is 4.36. The molecule has 38 heavy (non-hydrogen) atoms. The normalized spacial score (nSPS) is 18.9. The van der Waals surface area contributed by atoms with E-state index in [4.69, 9.17) is 18.9 Å². The molecule has 3 rings (SSSR count). The van der Waals surface area contributed by atoms with Gasteiger partial charge in [0.1, 0.15) is 22.4 Å². The third-order valence-electron chi connectivity index (χ3n) is 6.23. The second-order valence-corrected chi connectivity index (χ2v) is 11.5. The molecule has 1 aromatic carbocycles. The van der Waals surface area contributed by atoms with E-state index in [-0.39, 0.29) is 18.4 Å². The van der Waals surface area contributed by atoms with Gasteiger partial charge in [-0.3, -0.25) is 4.79 Å². The van der Waals surface area contributed by atoms with E-state index in [1.807, 2.05) is 35.0 Å². The van der Waals surface area contributed by atoms with Crippen LogP contribution in [-0.2, 0) is 24.4 Å². The van der Waals surface area contributed by atoms with Crippen LogP contribution in [0.2, 0.25) is 0 Å². The Morgan fingerprint density at radius 3 is 2.08 bits per heavy atom. The van der Waals surface area contributed by atoms with Crippen molar-refractivity contribution >= 4 is 18.2 Å². The molecule has 10 heteroatoms. The van der Waals surface area contributed by atoms with Crippen LogP contribution in [0.3, 0.4) is 0 Å². The van der Waals surface area contributed by atoms with Crippen LogP contribution in [0.5, 0.6) is 5.75 Å². The van der Waals surface area contributed by atoms with Crippen LogP contribution < -0.4 is 4.74 Å². The number of aromatic nitrogens is 2. The van der Waals surface area contributed by atoms with Crippen molar-refractivity contribution in [2.24, 2.45) is 5.92 Å². The predicted molar refractivity (Wildman–Crippen MR) is 140 cm³/mol. The fourth-order valence-electron chi connectivity index (χ4n) is 4.36. The summed E-state index contributed by atoms with van der Waals surface area (Å²) in [5.41, 5.74) is -0.893. The number of carbonyl (C=O) groups excluding carboxylic acids is 3. The summed E-state index contributed by atoms with van der Waals surface area (Å²) in [6, 6.07) is 7.51. The molecule has 0 spiro atoms. The summed E-state index contributed by atoms with van der Waals surface area (Å²) in [7, 11) is 2.98. The molecule has 208 valence electrons. The van der Waals surface area contributed by atoms with Crippen molar-refractivity contribution in [2.45, 2.75) is 77.4 Å². The summed E-state index contributed by atoms with van der Waals surface area (Å²) >= 11 is 0. The maximum atomic E-state index is 12.9. The van der Waals surface area contributed by atoms with Crippen molar-refractivity contribution in [3.05, 3.63) is 42.5 Å². The van der Waals surface area contributed by atoms with Crippen molar-refractivity contribution in [3.63, 3.8) is 0 Å². The van der Waals surface area contributed by atoms with Gasteiger partial charge >= 0.3 is 18.2 Å². The first kappa shape index (κ1) is 29.0. The molecule has 2 atom stereocenters. The van der Waals surface area contributed by atoms with Gasteiger partial charge in [-0.15, -0.1) is 0 Å². The average molecular weight is 530 g/mol. The number of hydrogen-bond acceptors (Lipinski definition) is 8. The molecule has 1 fully saturated rings. The average Bonchev–Trinajstić information content (AvgIpc) is 3.33. The Kier molecular flexibility index (Phi) is 8.43. The molecule has 0 N–H and O–H groups in total. The molecular formula is C28H39N3O7. The van der Waals surface area contributed by atoms with Crippen LogP contribution in [-0.4, -0.2) is 64.6 Å². The Balaban J connectivity index is 1.72. The quantitative estimate of drug-likeness (QED) is 0.336. The molecule has 0 radical (unpaired) electrons. The van der Waals surface area contributed by atoms with Gasteiger partial charge in [0.2, 0.25) is 0 Å². The van der Waals surface area contributed by atoms with E-state index in [2.05, 4.69) is 4.98 Å². The Hall–Kier alpha value is -3.56. The van der Waals surface area contributed by atoms with Gasteiger partial charge in [-0.25, -0.2) is 19.5 Å². The molecule has 0 unspecified atom stereocenters. The number of rotatable bonds is 8. The Bertz CT molecular complexity index is 1120. The molecule has 0 saturated heterocycles. The van der Waals surface area contributed by atoms with E-state index in [0.717, 1.165) is 16.3 Å². The summed E-state index contributed by atoms with van der Waals surface area (Å²) in [5.74, 6) is 0.348. The molecule has 0 aliphatic heterocycles. The third-order valence-corrected chi connectivity index (χ3v) is 6.23. The lowest BCUT2D eigenvalue weighted by Crippen LogP contribution is -2.44. The number of imide groups is 1. The van der Waals surface area contributed by atoms with Crippen molar-refractivity contribution in [2.75, 3.05) is 20.8 Å². The molecule has 1 aliphatic rings. The molecule has 10 nitrogen and oxygen atoms in total. The number of carbonyl (C=O) groups is 3. The van der Waals surface area contributed by atoms with Crippen LogP contribution in [0, 0.1) is 5.92 Å². The van der Waals surface area contributed by atoms with E-state index in [1.165, 1.54) is 7.11 Å². The van der Waals surface area contributed by atoms with Crippen molar-refractivity contribution in [3.8, 4) is 11.4 Å². The van der Waals surface area contributed by atoms with E-state index in [0.29, 0.717) is 25.0 Å². The Labute approximate surface area is 224 Å². The van der Waals surface area contributed by atoms with E-state index in [9.17, 15) is 14.4 Å². The van der Waals surface area contributed by atoms with Crippen LogP contribution in [0.4, 0.5) is 9.59 Å². The Morgan fingerprint density at radius 2 is 1.58 bits per heavy atom. The lowest BCUT2D eigenvalue weighted by Gasteiger charge is -2.28. The van der Waals surface area contributed by atoms with Crippen LogP contribution in [0.25, 0.3) is 5.69 Å². The number of benzene rings is 1. The molecule has 0 bridgehead atoms. The molecule has 1 saturated carbocycles. The maximum Gasteiger partial charge on any atom is 0.419 e. The predicted octanol–water partition coefficient (Wildman–Crippen LogP) is 5.26. The summed E-state index contributed by atoms with van der Waals surface area (Å²) < 4.78 is 23.1. The standard InChI is InChI=1S/C28H39N3O7/c1-26(2,3)37-24(33)31(25(34)38-27(4,5)6)15-9-10-19-16-28(19,23(32)36-8)22-17-30(18-29-22)20-11-13-21(35-7)14-12-20/h11-14,17-19H,9-10,15-16H2,1-8H3/t19-,28+/m0/s1. The SMILES string of the molecule is COC(=O)[C@]1(c2cn(-c3ccc(OC)cc3)cn2)C[C@@H]1CCCN(C(=O)OC(C)(C)C)C(=O)OC(C)(C)C. The summed E-state index contributed by atoms with van der Waals surface area (Å²) in [5, 5.41) is 0. The minimum atomic E-state index is -0.866. The van der Waals surface area contributed by atoms with Gasteiger partial charge in [-0.1, -0.05) is 0 Å². The van der Waals surface area contributed by atoms with Gasteiger partial charge in [0, 0.05) is 18.4 Å². The number of ether oxygens (including phenoxy) is 4. The lowest BCUT2D eigenvalue weighted by atomic mass is 9.97. The van der Waals surface area contributed by atoms with Crippen LogP contribution in [0.15, 0.2) is 36.8 Å². The maximum absolute atomic E-state index is 12.9. The second kappa shape index (κ2) is 11.0. The number of imidazole rings is 1. The van der Waals surface area contributed by atoms with Gasteiger partial charge in [-0.2, -0.15) is 0 Å². The summed E-state index contributed by atoms with van der Waals surface area (Å²) in [6.07, 6.45) is 3.59. The second-order valence-electron chi connectivity index (χ2n) is 11.5. The van der Waals surface area contributed by atoms with E-state index < -0.39 is 28.8 Å². The summed E-state index contributed by atoms with van der Waals surface area (Å²) in [4.78, 5) is 44.0. The molecule has 2 aromatic rings. The highest BCUT2D eigenvalue weighted by Gasteiger charge is 2.63. The first-order valence-electron chi connectivity index (χ1n) is 12.7. The first-order chi connectivity index (χ1) is 17.7. The van der Waals surface area contributed by atoms with Crippen molar-refractivity contribution in [1.29, 1.82) is 0 Å². The van der Waals surface area contributed by atoms with Crippen molar-refractivity contribution in [1.82, 2.24) is 14.5 Å². The number of amides is 2. The number of nitrogens with zero attached hydrogens (tertiary/aromatic N) is 3. The van der Waals surface area contributed by atoms with Gasteiger partial charge in [0.25, 0.3) is 0 Å². The lowest BCUT2D eigenvalue weighted by molar-refractivity contribution is -0.144. The smallest absolute Gasteiger partial charge is 0.419 e. The molecular weight excluding hydrogens is 490 g/mol. The van der Waals surface area contributed by atoms with E-state index in [1.54, 1.807) is 55.0 Å². The molecule has 1 aromatic heterocycles. The van der Waals surface area contributed by atoms with Crippen LogP contribution in [0.1, 0.15) is 66.5 Å². The zero-order chi connectivity index (χ0) is 28.3. The highest BCUT2D eigenvalue weighted by molar-refractivity contribution is 5.88. The van der Waals surface area contributed by atoms with Gasteiger partial charge in [0.05, 0.1) is 26.2 Å². The summed E-state index contributed by atoms with van der Waals surface area (Å²) in [6.45, 7) is 10.5. The molecule has 2 amide bonds. The van der Waals surface area contributed by atoms with E-state index >= 15 is 0 Å². The third kappa shape index (κ3) is 6.85. The minimum Gasteiger partial charge on any atom is -0.497 e. The zero-order valence-corrected chi connectivity index (χ0v) is 23.6.